The summed E-state index contributed by atoms with van der Waals surface area (Å²) >= 11 is 0. The second kappa shape index (κ2) is 4.25. The van der Waals surface area contributed by atoms with Crippen molar-refractivity contribution in [3.63, 3.8) is 0 Å². The highest BCUT2D eigenvalue weighted by Gasteiger charge is 2.06. The smallest absolute Gasteiger partial charge is 0.285 e. The lowest BCUT2D eigenvalue weighted by Gasteiger charge is -2.07. The number of hydrogen-bond acceptors (Lipinski definition) is 2. The topological polar surface area (TPSA) is 39.8 Å². The first-order chi connectivity index (χ1) is 6.15. The summed E-state index contributed by atoms with van der Waals surface area (Å²) < 4.78 is 3.03. The third-order valence-electron chi connectivity index (χ3n) is 2.15. The van der Waals surface area contributed by atoms with Gasteiger partial charge in [0.25, 0.3) is 0 Å². The van der Waals surface area contributed by atoms with E-state index in [1.54, 1.807) is 13.4 Å². The van der Waals surface area contributed by atoms with Crippen LogP contribution in [0.15, 0.2) is 11.1 Å². The third-order valence-corrected chi connectivity index (χ3v) is 2.15. The van der Waals surface area contributed by atoms with E-state index in [4.69, 9.17) is 0 Å². The Hall–Kier alpha value is -1.06. The molecule has 0 aliphatic carbocycles. The molecule has 0 radical (unpaired) electrons. The molecule has 1 aromatic heterocycles. The molecule has 0 aliphatic rings. The van der Waals surface area contributed by atoms with Gasteiger partial charge in [-0.2, -0.15) is 5.10 Å². The van der Waals surface area contributed by atoms with Crippen LogP contribution in [0.4, 0.5) is 0 Å². The fourth-order valence-corrected chi connectivity index (χ4v) is 1.43. The largest absolute Gasteiger partial charge is 0.345 e. The van der Waals surface area contributed by atoms with Gasteiger partial charge >= 0.3 is 5.69 Å². The zero-order valence-electron chi connectivity index (χ0n) is 8.53. The molecule has 1 rings (SSSR count). The normalized spacial score (nSPS) is 13.2. The van der Waals surface area contributed by atoms with Gasteiger partial charge < -0.3 is 0 Å². The quantitative estimate of drug-likeness (QED) is 0.699. The van der Waals surface area contributed by atoms with Crippen LogP contribution in [0.3, 0.4) is 0 Å². The second-order valence-corrected chi connectivity index (χ2v) is 3.60. The highest BCUT2D eigenvalue weighted by molar-refractivity contribution is 4.66. The molecule has 1 unspecified atom stereocenters. The van der Waals surface area contributed by atoms with Gasteiger partial charge in [-0.25, -0.2) is 9.48 Å². The first-order valence-electron chi connectivity index (χ1n) is 4.73. The van der Waals surface area contributed by atoms with Crippen LogP contribution in [0, 0.1) is 5.92 Å². The van der Waals surface area contributed by atoms with E-state index < -0.39 is 0 Å². The Morgan fingerprint density at radius 1 is 1.62 bits per heavy atom. The summed E-state index contributed by atoms with van der Waals surface area (Å²) in [6.07, 6.45) is 3.85. The Labute approximate surface area is 78.2 Å². The number of nitrogens with zero attached hydrogens (tertiary/aromatic N) is 3. The number of aromatic nitrogens is 3. The fourth-order valence-electron chi connectivity index (χ4n) is 1.43. The standard InChI is InChI=1S/C9H17N3O/c1-4-5-8(2)6-12-9(13)11(3)7-10-12/h7-8H,4-6H2,1-3H3. The SMILES string of the molecule is CCCC(C)Cn1ncn(C)c1=O. The number of rotatable bonds is 4. The Morgan fingerprint density at radius 3 is 2.77 bits per heavy atom. The molecular weight excluding hydrogens is 166 g/mol. The minimum Gasteiger partial charge on any atom is -0.285 e. The summed E-state index contributed by atoms with van der Waals surface area (Å²) in [4.78, 5) is 11.4. The van der Waals surface area contributed by atoms with Crippen LogP contribution in [-0.4, -0.2) is 14.3 Å². The van der Waals surface area contributed by atoms with E-state index in [0.29, 0.717) is 5.92 Å². The molecule has 4 heteroatoms. The maximum Gasteiger partial charge on any atom is 0.345 e. The predicted octanol–water partition coefficient (Wildman–Crippen LogP) is 1.02. The lowest BCUT2D eigenvalue weighted by molar-refractivity contribution is 0.410. The minimum absolute atomic E-state index is 0.0250. The maximum atomic E-state index is 11.4. The van der Waals surface area contributed by atoms with E-state index in [2.05, 4.69) is 18.9 Å². The van der Waals surface area contributed by atoms with Crippen molar-refractivity contribution in [2.45, 2.75) is 33.2 Å². The zero-order chi connectivity index (χ0) is 9.84. The Kier molecular flexibility index (Phi) is 3.28. The lowest BCUT2D eigenvalue weighted by atomic mass is 10.1. The summed E-state index contributed by atoms with van der Waals surface area (Å²) in [7, 11) is 1.72. The maximum absolute atomic E-state index is 11.4. The van der Waals surface area contributed by atoms with Gasteiger partial charge in [0.15, 0.2) is 0 Å². The van der Waals surface area contributed by atoms with Gasteiger partial charge in [0.1, 0.15) is 6.33 Å². The monoisotopic (exact) mass is 183 g/mol. The molecule has 0 aromatic carbocycles. The number of hydrogen-bond donors (Lipinski definition) is 0. The molecule has 0 amide bonds. The van der Waals surface area contributed by atoms with E-state index in [0.717, 1.165) is 19.4 Å². The average Bonchev–Trinajstić information content (AvgIpc) is 2.37. The number of aryl methyl sites for hydroxylation is 1. The van der Waals surface area contributed by atoms with Crippen LogP contribution in [0.1, 0.15) is 26.7 Å². The van der Waals surface area contributed by atoms with Crippen LogP contribution >= 0.6 is 0 Å². The van der Waals surface area contributed by atoms with E-state index in [9.17, 15) is 4.79 Å². The Balaban J connectivity index is 2.64. The summed E-state index contributed by atoms with van der Waals surface area (Å²) in [6.45, 7) is 5.02. The van der Waals surface area contributed by atoms with Crippen LogP contribution < -0.4 is 5.69 Å². The molecule has 1 atom stereocenters. The summed E-state index contributed by atoms with van der Waals surface area (Å²) in [5.41, 5.74) is -0.0250. The summed E-state index contributed by atoms with van der Waals surface area (Å²) in [5.74, 6) is 0.526. The van der Waals surface area contributed by atoms with Crippen molar-refractivity contribution >= 4 is 0 Å². The molecule has 4 nitrogen and oxygen atoms in total. The Bertz CT molecular complexity index is 313. The average molecular weight is 183 g/mol. The van der Waals surface area contributed by atoms with Crippen molar-refractivity contribution in [1.29, 1.82) is 0 Å². The van der Waals surface area contributed by atoms with Gasteiger partial charge in [-0.15, -0.1) is 0 Å². The summed E-state index contributed by atoms with van der Waals surface area (Å²) in [5, 5.41) is 4.00. The molecule has 74 valence electrons. The highest BCUT2D eigenvalue weighted by Crippen LogP contribution is 2.05. The van der Waals surface area contributed by atoms with Crippen molar-refractivity contribution in [2.75, 3.05) is 0 Å². The molecule has 0 aliphatic heterocycles. The van der Waals surface area contributed by atoms with E-state index in [-0.39, 0.29) is 5.69 Å². The molecule has 0 spiro atoms. The van der Waals surface area contributed by atoms with Gasteiger partial charge in [0.05, 0.1) is 0 Å². The lowest BCUT2D eigenvalue weighted by Crippen LogP contribution is -2.25. The zero-order valence-corrected chi connectivity index (χ0v) is 8.53. The van der Waals surface area contributed by atoms with Crippen molar-refractivity contribution in [3.05, 3.63) is 16.8 Å². The molecule has 0 saturated heterocycles. The van der Waals surface area contributed by atoms with Gasteiger partial charge in [-0.3, -0.25) is 4.57 Å². The van der Waals surface area contributed by atoms with Crippen LogP contribution in [0.25, 0.3) is 0 Å². The van der Waals surface area contributed by atoms with Gasteiger partial charge in [0.2, 0.25) is 0 Å². The van der Waals surface area contributed by atoms with Gasteiger partial charge in [0, 0.05) is 13.6 Å². The van der Waals surface area contributed by atoms with Crippen molar-refractivity contribution < 1.29 is 0 Å². The van der Waals surface area contributed by atoms with E-state index in [1.165, 1.54) is 9.25 Å². The predicted molar refractivity (Wildman–Crippen MR) is 51.5 cm³/mol. The first-order valence-corrected chi connectivity index (χ1v) is 4.73. The van der Waals surface area contributed by atoms with E-state index in [1.807, 2.05) is 0 Å². The summed E-state index contributed by atoms with van der Waals surface area (Å²) in [6, 6.07) is 0. The van der Waals surface area contributed by atoms with E-state index >= 15 is 0 Å². The van der Waals surface area contributed by atoms with Crippen molar-refractivity contribution in [1.82, 2.24) is 14.3 Å². The molecule has 0 bridgehead atoms. The first kappa shape index (κ1) is 10.0. The van der Waals surface area contributed by atoms with Gasteiger partial charge in [-0.1, -0.05) is 20.3 Å². The van der Waals surface area contributed by atoms with Crippen molar-refractivity contribution in [3.8, 4) is 0 Å². The fraction of sp³-hybridized carbons (Fsp3) is 0.778. The molecule has 0 fully saturated rings. The molecule has 13 heavy (non-hydrogen) atoms. The molecule has 1 aromatic rings. The molecule has 1 heterocycles. The molecule has 0 saturated carbocycles. The van der Waals surface area contributed by atoms with Gasteiger partial charge in [-0.05, 0) is 12.3 Å². The van der Waals surface area contributed by atoms with Crippen LogP contribution in [-0.2, 0) is 13.6 Å². The van der Waals surface area contributed by atoms with Crippen LogP contribution in [0.2, 0.25) is 0 Å². The Morgan fingerprint density at radius 2 is 2.31 bits per heavy atom. The third kappa shape index (κ3) is 2.44. The minimum atomic E-state index is -0.0250. The molecule has 0 N–H and O–H groups in total. The molecular formula is C9H17N3O. The van der Waals surface area contributed by atoms with Crippen LogP contribution in [0.5, 0.6) is 0 Å². The second-order valence-electron chi connectivity index (χ2n) is 3.60. The highest BCUT2D eigenvalue weighted by atomic mass is 16.2. The van der Waals surface area contributed by atoms with Crippen molar-refractivity contribution in [2.24, 2.45) is 13.0 Å².